The van der Waals surface area contributed by atoms with Gasteiger partial charge in [-0.2, -0.15) is 0 Å². The summed E-state index contributed by atoms with van der Waals surface area (Å²) in [7, 11) is -3.69. The molecule has 1 N–H and O–H groups in total. The largest absolute Gasteiger partial charge is 2.00 e. The molecule has 0 heterocycles. The first-order valence-corrected chi connectivity index (χ1v) is 4.23. The molecule has 0 aliphatic carbocycles. The summed E-state index contributed by atoms with van der Waals surface area (Å²) in [6.07, 6.45) is 0. The minimum atomic E-state index is -3.69. The maximum Gasteiger partial charge on any atom is 2.00 e. The Kier molecular flexibility index (Phi) is 10.2. The van der Waals surface area contributed by atoms with Crippen LogP contribution in [0.25, 0.3) is 0 Å². The zero-order chi connectivity index (χ0) is 7.33. The normalized spacial score (nSPS) is 10.7. The Morgan fingerprint density at radius 2 is 1.70 bits per heavy atom. The minimum absolute atomic E-state index is 0. The second-order valence-electron chi connectivity index (χ2n) is 1.30. The van der Waals surface area contributed by atoms with Crippen molar-refractivity contribution < 1.29 is 21.4 Å². The molecule has 0 aromatic heterocycles. The maximum atomic E-state index is 10.5. The summed E-state index contributed by atoms with van der Waals surface area (Å²) in [5.41, 5.74) is 0. The molecular formula is C4H13O4PSr. The summed E-state index contributed by atoms with van der Waals surface area (Å²) < 4.78 is 19.2. The minimum Gasteiger partial charge on any atom is -1.00 e. The molecule has 0 spiro atoms. The third kappa shape index (κ3) is 7.69. The fraction of sp³-hybridized carbons (Fsp3) is 1.00. The van der Waals surface area contributed by atoms with Gasteiger partial charge >= 0.3 is 53.3 Å². The fourth-order valence-electron chi connectivity index (χ4n) is 0.364. The second kappa shape index (κ2) is 7.25. The number of rotatable bonds is 4. The van der Waals surface area contributed by atoms with Gasteiger partial charge in [0.1, 0.15) is 0 Å². The van der Waals surface area contributed by atoms with E-state index < -0.39 is 7.82 Å². The predicted octanol–water partition coefficient (Wildman–Crippen LogP) is 1.00. The molecule has 0 fully saturated rings. The van der Waals surface area contributed by atoms with E-state index in [-0.39, 0.29) is 61.5 Å². The molecular weight excluding hydrogens is 231 g/mol. The Morgan fingerprint density at radius 1 is 1.40 bits per heavy atom. The van der Waals surface area contributed by atoms with E-state index in [0.29, 0.717) is 0 Å². The summed E-state index contributed by atoms with van der Waals surface area (Å²) in [4.78, 5) is 8.63. The van der Waals surface area contributed by atoms with Crippen molar-refractivity contribution in [3.63, 3.8) is 0 Å². The monoisotopic (exact) mass is 244 g/mol. The van der Waals surface area contributed by atoms with Crippen LogP contribution < -0.4 is 0 Å². The first kappa shape index (κ1) is 14.1. The molecule has 6 heteroatoms. The SMILES string of the molecule is CCOP(=O)(O)OCC.[H-].[H-].[Sr+2]. The average Bonchev–Trinajstić information content (AvgIpc) is 1.64. The Balaban J connectivity index is -0.000000107. The zero-order valence-corrected chi connectivity index (χ0v) is 10.6. The van der Waals surface area contributed by atoms with Gasteiger partial charge in [0.05, 0.1) is 13.2 Å². The van der Waals surface area contributed by atoms with Crippen LogP contribution in [-0.2, 0) is 13.6 Å². The molecule has 0 bridgehead atoms. The van der Waals surface area contributed by atoms with Gasteiger partial charge < -0.3 is 7.75 Å². The Hall–Kier alpha value is 1.59. The number of phosphoric ester groups is 1. The van der Waals surface area contributed by atoms with Gasteiger partial charge in [0.2, 0.25) is 0 Å². The van der Waals surface area contributed by atoms with Crippen molar-refractivity contribution in [2.45, 2.75) is 13.8 Å². The smallest absolute Gasteiger partial charge is 1.00 e. The van der Waals surface area contributed by atoms with Crippen molar-refractivity contribution in [3.8, 4) is 0 Å². The van der Waals surface area contributed by atoms with Gasteiger partial charge in [-0.05, 0) is 13.8 Å². The van der Waals surface area contributed by atoms with Crippen molar-refractivity contribution in [2.24, 2.45) is 0 Å². The Labute approximate surface area is 101 Å². The van der Waals surface area contributed by atoms with E-state index >= 15 is 0 Å². The third-order valence-corrected chi connectivity index (χ3v) is 1.75. The van der Waals surface area contributed by atoms with Gasteiger partial charge in [-0.3, -0.25) is 9.05 Å². The molecule has 4 nitrogen and oxygen atoms in total. The van der Waals surface area contributed by atoms with E-state index in [4.69, 9.17) is 4.89 Å². The summed E-state index contributed by atoms with van der Waals surface area (Å²) in [6, 6.07) is 0. The summed E-state index contributed by atoms with van der Waals surface area (Å²) in [5, 5.41) is 0. The molecule has 0 saturated carbocycles. The van der Waals surface area contributed by atoms with Crippen LogP contribution in [0, 0.1) is 0 Å². The number of hydrogen-bond acceptors (Lipinski definition) is 3. The van der Waals surface area contributed by atoms with E-state index in [1.54, 1.807) is 13.8 Å². The van der Waals surface area contributed by atoms with Crippen molar-refractivity contribution in [3.05, 3.63) is 0 Å². The van der Waals surface area contributed by atoms with Crippen molar-refractivity contribution in [1.29, 1.82) is 0 Å². The van der Waals surface area contributed by atoms with Crippen LogP contribution in [0.2, 0.25) is 0 Å². The van der Waals surface area contributed by atoms with Gasteiger partial charge in [0.15, 0.2) is 0 Å². The van der Waals surface area contributed by atoms with Crippen molar-refractivity contribution >= 4 is 53.3 Å². The van der Waals surface area contributed by atoms with Crippen LogP contribution in [0.4, 0.5) is 0 Å². The van der Waals surface area contributed by atoms with Crippen LogP contribution in [0.1, 0.15) is 16.7 Å². The van der Waals surface area contributed by atoms with E-state index in [1.165, 1.54) is 0 Å². The van der Waals surface area contributed by atoms with Gasteiger partial charge in [0.25, 0.3) is 0 Å². The van der Waals surface area contributed by atoms with Gasteiger partial charge in [0, 0.05) is 0 Å². The van der Waals surface area contributed by atoms with E-state index in [0.717, 1.165) is 0 Å². The molecule has 0 aromatic carbocycles. The molecule has 0 rings (SSSR count). The van der Waals surface area contributed by atoms with E-state index in [9.17, 15) is 4.57 Å². The molecule has 10 heavy (non-hydrogen) atoms. The molecule has 0 aliphatic rings. The second-order valence-corrected chi connectivity index (χ2v) is 2.76. The van der Waals surface area contributed by atoms with E-state index in [2.05, 4.69) is 9.05 Å². The first-order valence-electron chi connectivity index (χ1n) is 2.74. The quantitative estimate of drug-likeness (QED) is 0.591. The van der Waals surface area contributed by atoms with Gasteiger partial charge in [-0.25, -0.2) is 4.57 Å². The number of phosphoric acid groups is 1. The summed E-state index contributed by atoms with van der Waals surface area (Å²) in [6.45, 7) is 3.63. The summed E-state index contributed by atoms with van der Waals surface area (Å²) in [5.74, 6) is 0. The molecule has 0 unspecified atom stereocenters. The van der Waals surface area contributed by atoms with Gasteiger partial charge in [-0.1, -0.05) is 0 Å². The van der Waals surface area contributed by atoms with Crippen LogP contribution in [0.5, 0.6) is 0 Å². The molecule has 0 radical (unpaired) electrons. The predicted molar refractivity (Wildman–Crippen MR) is 41.1 cm³/mol. The van der Waals surface area contributed by atoms with Crippen molar-refractivity contribution in [2.75, 3.05) is 13.2 Å². The van der Waals surface area contributed by atoms with Crippen molar-refractivity contribution in [1.82, 2.24) is 0 Å². The molecule has 0 atom stereocenters. The average molecular weight is 244 g/mol. The molecule has 0 saturated heterocycles. The molecule has 0 amide bonds. The Bertz CT molecular complexity index is 116. The maximum absolute atomic E-state index is 10.5. The third-order valence-electron chi connectivity index (χ3n) is 0.584. The Morgan fingerprint density at radius 3 is 1.90 bits per heavy atom. The van der Waals surface area contributed by atoms with E-state index in [1.807, 2.05) is 0 Å². The van der Waals surface area contributed by atoms with Gasteiger partial charge in [-0.15, -0.1) is 0 Å². The zero-order valence-electron chi connectivity index (χ0n) is 8.24. The van der Waals surface area contributed by atoms with Crippen LogP contribution in [-0.4, -0.2) is 63.6 Å². The molecule has 0 aromatic rings. The first-order chi connectivity index (χ1) is 4.12. The number of hydrogen-bond donors (Lipinski definition) is 1. The van der Waals surface area contributed by atoms with Crippen LogP contribution in [0.15, 0.2) is 0 Å². The summed E-state index contributed by atoms with van der Waals surface area (Å²) >= 11 is 0. The fourth-order valence-corrected chi connectivity index (χ4v) is 1.09. The standard InChI is InChI=1S/C4H11O4P.Sr.2H/c1-3-7-9(5,6)8-4-2;;;/h3-4H2,1-2H3,(H,5,6);;;/q;+2;2*-1. The van der Waals surface area contributed by atoms with Crippen LogP contribution >= 0.6 is 7.82 Å². The van der Waals surface area contributed by atoms with Crippen LogP contribution in [0.3, 0.4) is 0 Å². The molecule has 60 valence electrons. The molecule has 0 aliphatic heterocycles. The topological polar surface area (TPSA) is 55.8 Å².